The molecule has 0 aliphatic rings. The van der Waals surface area contributed by atoms with E-state index in [1.165, 1.54) is 13.8 Å². The Morgan fingerprint density at radius 2 is 1.88 bits per heavy atom. The van der Waals surface area contributed by atoms with Crippen LogP contribution in [0.15, 0.2) is 64.0 Å². The van der Waals surface area contributed by atoms with Gasteiger partial charge >= 0.3 is 5.97 Å². The van der Waals surface area contributed by atoms with Gasteiger partial charge in [0.1, 0.15) is 12.9 Å². The lowest BCUT2D eigenvalue weighted by molar-refractivity contribution is -0.146. The van der Waals surface area contributed by atoms with Crippen LogP contribution in [0.4, 0.5) is 0 Å². The van der Waals surface area contributed by atoms with Crippen LogP contribution in [0.3, 0.4) is 0 Å². The van der Waals surface area contributed by atoms with Crippen molar-refractivity contribution in [2.24, 2.45) is 0 Å². The van der Waals surface area contributed by atoms with Crippen LogP contribution in [0, 0.1) is 0 Å². The van der Waals surface area contributed by atoms with Crippen molar-refractivity contribution in [2.45, 2.75) is 26.6 Å². The van der Waals surface area contributed by atoms with Crippen molar-refractivity contribution in [1.82, 2.24) is 0 Å². The van der Waals surface area contributed by atoms with Crippen LogP contribution >= 0.6 is 0 Å². The number of hydrogen-bond donors (Lipinski definition) is 0. The smallest absolute Gasteiger partial charge is 0.303 e. The van der Waals surface area contributed by atoms with Crippen LogP contribution in [-0.4, -0.2) is 11.8 Å². The second-order valence-corrected chi connectivity index (χ2v) is 5.36. The highest BCUT2D eigenvalue weighted by Crippen LogP contribution is 2.26. The normalized spacial score (nSPS) is 11.4. The van der Waals surface area contributed by atoms with Gasteiger partial charge in [-0.05, 0) is 12.5 Å². The van der Waals surface area contributed by atoms with Crippen molar-refractivity contribution >= 4 is 11.8 Å². The molecule has 0 N–H and O–H groups in total. The molecule has 2 aromatic rings. The number of esters is 1. The second-order valence-electron chi connectivity index (χ2n) is 5.36. The number of Topliss-reactive ketones (excluding diaryl/α,β-unsaturated/α-hetero) is 1. The molecule has 0 radical (unpaired) electrons. The number of carbonyl (C=O) groups is 2. The summed E-state index contributed by atoms with van der Waals surface area (Å²) < 4.78 is 15.8. The molecular formula is C19H18O6. The minimum absolute atomic E-state index is 0.00691. The molecule has 1 aromatic heterocycles. The van der Waals surface area contributed by atoms with Gasteiger partial charge in [0.2, 0.25) is 11.2 Å². The Morgan fingerprint density at radius 3 is 2.44 bits per heavy atom. The minimum Gasteiger partial charge on any atom is -0.482 e. The van der Waals surface area contributed by atoms with Crippen LogP contribution in [0.2, 0.25) is 0 Å². The van der Waals surface area contributed by atoms with Gasteiger partial charge in [-0.3, -0.25) is 14.4 Å². The topological polar surface area (TPSA) is 82.8 Å². The van der Waals surface area contributed by atoms with Crippen molar-refractivity contribution in [3.63, 3.8) is 0 Å². The summed E-state index contributed by atoms with van der Waals surface area (Å²) in [6.07, 6.45) is -0.0179. The van der Waals surface area contributed by atoms with Gasteiger partial charge in [0, 0.05) is 18.6 Å². The summed E-state index contributed by atoms with van der Waals surface area (Å²) in [7, 11) is 0. The Labute approximate surface area is 144 Å². The molecule has 0 bridgehead atoms. The van der Waals surface area contributed by atoms with E-state index < -0.39 is 17.5 Å². The van der Waals surface area contributed by atoms with E-state index in [0.717, 1.165) is 17.9 Å². The Morgan fingerprint density at radius 1 is 1.20 bits per heavy atom. The van der Waals surface area contributed by atoms with E-state index in [0.29, 0.717) is 0 Å². The standard InChI is InChI=1S/C19H18O6/c1-12(13(2)20)19(25-14(3)21)17-9-16(22)18(11-24-17)23-10-15-7-5-4-6-8-15/h4-9,11,19H,1,10H2,2-3H3. The number of ether oxygens (including phenoxy) is 2. The van der Waals surface area contributed by atoms with Crippen molar-refractivity contribution < 1.29 is 23.5 Å². The molecule has 0 saturated carbocycles. The highest BCUT2D eigenvalue weighted by atomic mass is 16.6. The molecule has 0 fully saturated rings. The summed E-state index contributed by atoms with van der Waals surface area (Å²) in [6.45, 7) is 6.28. The Bertz CT molecular complexity index is 834. The van der Waals surface area contributed by atoms with Gasteiger partial charge in [-0.1, -0.05) is 36.9 Å². The molecule has 0 aliphatic carbocycles. The monoisotopic (exact) mass is 342 g/mol. The molecule has 6 nitrogen and oxygen atoms in total. The molecule has 6 heteroatoms. The van der Waals surface area contributed by atoms with Gasteiger partial charge in [-0.15, -0.1) is 0 Å². The van der Waals surface area contributed by atoms with Crippen LogP contribution < -0.4 is 10.2 Å². The fourth-order valence-electron chi connectivity index (χ4n) is 2.04. The maximum Gasteiger partial charge on any atom is 0.303 e. The molecule has 130 valence electrons. The van der Waals surface area contributed by atoms with E-state index >= 15 is 0 Å². The van der Waals surface area contributed by atoms with E-state index in [1.807, 2.05) is 30.3 Å². The molecule has 2 rings (SSSR count). The van der Waals surface area contributed by atoms with Gasteiger partial charge in [-0.25, -0.2) is 0 Å². The molecule has 1 unspecified atom stereocenters. The molecule has 0 amide bonds. The lowest BCUT2D eigenvalue weighted by Crippen LogP contribution is -2.17. The van der Waals surface area contributed by atoms with Gasteiger partial charge < -0.3 is 13.9 Å². The first-order chi connectivity index (χ1) is 11.9. The molecule has 25 heavy (non-hydrogen) atoms. The first kappa shape index (κ1) is 18.2. The summed E-state index contributed by atoms with van der Waals surface area (Å²) in [5.41, 5.74) is 0.454. The van der Waals surface area contributed by atoms with E-state index in [1.54, 1.807) is 0 Å². The van der Waals surface area contributed by atoms with Gasteiger partial charge in [0.05, 0.1) is 0 Å². The summed E-state index contributed by atoms with van der Waals surface area (Å²) in [6, 6.07) is 10.5. The fraction of sp³-hybridized carbons (Fsp3) is 0.211. The third kappa shape index (κ3) is 4.91. The highest BCUT2D eigenvalue weighted by molar-refractivity contribution is 5.94. The van der Waals surface area contributed by atoms with Crippen LogP contribution in [0.1, 0.15) is 31.3 Å². The molecule has 0 saturated heterocycles. The number of carbonyl (C=O) groups excluding carboxylic acids is 2. The van der Waals surface area contributed by atoms with E-state index in [9.17, 15) is 14.4 Å². The molecule has 0 spiro atoms. The minimum atomic E-state index is -1.15. The third-order valence-corrected chi connectivity index (χ3v) is 3.37. The lowest BCUT2D eigenvalue weighted by Gasteiger charge is -2.17. The van der Waals surface area contributed by atoms with Crippen molar-refractivity contribution in [2.75, 3.05) is 0 Å². The zero-order valence-corrected chi connectivity index (χ0v) is 14.0. The average Bonchev–Trinajstić information content (AvgIpc) is 2.58. The molecule has 0 aliphatic heterocycles. The summed E-state index contributed by atoms with van der Waals surface area (Å²) >= 11 is 0. The predicted molar refractivity (Wildman–Crippen MR) is 90.1 cm³/mol. The second kappa shape index (κ2) is 8.10. The molecule has 1 atom stereocenters. The Hall–Kier alpha value is -3.15. The van der Waals surface area contributed by atoms with Crippen molar-refractivity contribution in [3.05, 3.63) is 76.4 Å². The van der Waals surface area contributed by atoms with Gasteiger partial charge in [0.15, 0.2) is 17.6 Å². The van der Waals surface area contributed by atoms with Gasteiger partial charge in [-0.2, -0.15) is 0 Å². The summed E-state index contributed by atoms with van der Waals surface area (Å²) in [5, 5.41) is 0. The first-order valence-corrected chi connectivity index (χ1v) is 7.55. The fourth-order valence-corrected chi connectivity index (χ4v) is 2.04. The summed E-state index contributed by atoms with van der Waals surface area (Å²) in [5.74, 6) is -0.979. The van der Waals surface area contributed by atoms with E-state index in [4.69, 9.17) is 13.9 Å². The maximum absolute atomic E-state index is 12.2. The predicted octanol–water partition coefficient (Wildman–Crippen LogP) is 2.97. The highest BCUT2D eigenvalue weighted by Gasteiger charge is 2.25. The molecule has 1 aromatic carbocycles. The van der Waals surface area contributed by atoms with E-state index in [-0.39, 0.29) is 29.5 Å². The molecule has 1 heterocycles. The number of hydrogen-bond acceptors (Lipinski definition) is 6. The average molecular weight is 342 g/mol. The van der Waals surface area contributed by atoms with E-state index in [2.05, 4.69) is 6.58 Å². The maximum atomic E-state index is 12.2. The van der Waals surface area contributed by atoms with Crippen molar-refractivity contribution in [1.29, 1.82) is 0 Å². The van der Waals surface area contributed by atoms with Crippen molar-refractivity contribution in [3.8, 4) is 5.75 Å². The Kier molecular flexibility index (Phi) is 5.89. The van der Waals surface area contributed by atoms with Crippen LogP contribution in [-0.2, 0) is 20.9 Å². The summed E-state index contributed by atoms with van der Waals surface area (Å²) in [4.78, 5) is 35.0. The quantitative estimate of drug-likeness (QED) is 0.568. The van der Waals surface area contributed by atoms with Gasteiger partial charge in [0.25, 0.3) is 0 Å². The number of rotatable bonds is 7. The van der Waals surface area contributed by atoms with Crippen LogP contribution in [0.25, 0.3) is 0 Å². The lowest BCUT2D eigenvalue weighted by atomic mass is 10.1. The van der Waals surface area contributed by atoms with Crippen LogP contribution in [0.5, 0.6) is 5.75 Å². The zero-order valence-electron chi connectivity index (χ0n) is 14.0. The number of benzene rings is 1. The molecular weight excluding hydrogens is 324 g/mol. The third-order valence-electron chi connectivity index (χ3n) is 3.37. The largest absolute Gasteiger partial charge is 0.482 e. The SMILES string of the molecule is C=C(C(C)=O)C(OC(C)=O)c1cc(=O)c(OCc2ccccc2)co1. The Balaban J connectivity index is 2.21. The number of ketones is 1. The first-order valence-electron chi connectivity index (χ1n) is 7.55. The zero-order chi connectivity index (χ0) is 18.4.